The average Bonchev–Trinajstić information content (AvgIpc) is 3.47. The number of methoxy groups -OCH3 is 1. The number of carbonyl (C=O) groups is 2. The molecule has 0 bridgehead atoms. The van der Waals surface area contributed by atoms with Crippen molar-refractivity contribution in [3.8, 4) is 5.75 Å². The molecule has 1 fully saturated rings. The van der Waals surface area contributed by atoms with Crippen LogP contribution in [0.4, 0.5) is 22.1 Å². The summed E-state index contributed by atoms with van der Waals surface area (Å²) in [4.78, 5) is 32.7. The summed E-state index contributed by atoms with van der Waals surface area (Å²) in [7, 11) is 1.53. The second-order valence-electron chi connectivity index (χ2n) is 8.33. The Morgan fingerprint density at radius 2 is 1.87 bits per heavy atom. The smallest absolute Gasteiger partial charge is 0.435 e. The molecular weight excluding hydrogens is 400 g/mol. The lowest BCUT2D eigenvalue weighted by Crippen LogP contribution is -2.27. The summed E-state index contributed by atoms with van der Waals surface area (Å²) in [6, 6.07) is 5.15. The molecule has 10 nitrogen and oxygen atoms in total. The van der Waals surface area contributed by atoms with Crippen LogP contribution in [-0.2, 0) is 9.53 Å². The van der Waals surface area contributed by atoms with Crippen LogP contribution in [0.15, 0.2) is 30.7 Å². The van der Waals surface area contributed by atoms with E-state index < -0.39 is 11.7 Å². The van der Waals surface area contributed by atoms with Crippen LogP contribution in [0.2, 0.25) is 0 Å². The second kappa shape index (κ2) is 7.86. The fourth-order valence-electron chi connectivity index (χ4n) is 2.98. The van der Waals surface area contributed by atoms with Gasteiger partial charge in [0.15, 0.2) is 0 Å². The van der Waals surface area contributed by atoms with Crippen LogP contribution >= 0.6 is 0 Å². The Labute approximate surface area is 179 Å². The maximum Gasteiger partial charge on any atom is 0.435 e. The number of hydrogen-bond acceptors (Lipinski definition) is 8. The minimum absolute atomic E-state index is 0.0294. The highest BCUT2D eigenvalue weighted by atomic mass is 16.6. The van der Waals surface area contributed by atoms with E-state index in [0.29, 0.717) is 34.0 Å². The van der Waals surface area contributed by atoms with E-state index in [0.717, 1.165) is 12.8 Å². The first-order valence-electron chi connectivity index (χ1n) is 9.92. The molecule has 0 saturated heterocycles. The first kappa shape index (κ1) is 20.6. The van der Waals surface area contributed by atoms with Crippen molar-refractivity contribution in [2.24, 2.45) is 5.92 Å². The largest absolute Gasteiger partial charge is 0.494 e. The predicted octanol–water partition coefficient (Wildman–Crippen LogP) is 3.71. The number of nitrogens with zero attached hydrogens (tertiary/aromatic N) is 4. The predicted molar refractivity (Wildman–Crippen MR) is 115 cm³/mol. The van der Waals surface area contributed by atoms with Gasteiger partial charge >= 0.3 is 6.09 Å². The average molecular weight is 424 g/mol. The minimum Gasteiger partial charge on any atom is -0.494 e. The molecule has 2 aromatic heterocycles. The van der Waals surface area contributed by atoms with Gasteiger partial charge in [0.05, 0.1) is 24.5 Å². The third-order valence-electron chi connectivity index (χ3n) is 4.58. The topological polar surface area (TPSA) is 120 Å². The van der Waals surface area contributed by atoms with E-state index in [2.05, 4.69) is 25.7 Å². The molecular formula is C21H24N6O4. The van der Waals surface area contributed by atoms with E-state index in [-0.39, 0.29) is 11.8 Å². The highest BCUT2D eigenvalue weighted by molar-refractivity contribution is 5.94. The molecule has 10 heteroatoms. The Hall–Kier alpha value is -3.69. The Kier molecular flexibility index (Phi) is 5.22. The van der Waals surface area contributed by atoms with E-state index in [1.807, 2.05) is 0 Å². The number of nitrogens with one attached hydrogen (secondary N) is 2. The van der Waals surface area contributed by atoms with Crippen molar-refractivity contribution in [2.45, 2.75) is 39.2 Å². The van der Waals surface area contributed by atoms with Crippen molar-refractivity contribution in [1.29, 1.82) is 0 Å². The van der Waals surface area contributed by atoms with Gasteiger partial charge < -0.3 is 20.1 Å². The second-order valence-corrected chi connectivity index (χ2v) is 8.33. The van der Waals surface area contributed by atoms with Crippen LogP contribution in [0.1, 0.15) is 33.6 Å². The minimum atomic E-state index is -0.638. The molecule has 1 aliphatic carbocycles. The molecule has 0 radical (unpaired) electrons. The number of fused-ring (bicyclic) bond motifs is 1. The van der Waals surface area contributed by atoms with E-state index in [1.54, 1.807) is 45.2 Å². The van der Waals surface area contributed by atoms with Crippen LogP contribution in [-0.4, -0.2) is 44.5 Å². The third kappa shape index (κ3) is 4.73. The SMILES string of the molecule is COc1cc2c(cnn2C(=O)OC(C)(C)C)cc1Nc1cc(NC(=O)C2CC2)ncn1. The molecule has 0 atom stereocenters. The molecule has 2 heterocycles. The molecule has 31 heavy (non-hydrogen) atoms. The Morgan fingerprint density at radius 3 is 2.55 bits per heavy atom. The van der Waals surface area contributed by atoms with Gasteiger partial charge in [-0.2, -0.15) is 9.78 Å². The molecule has 2 N–H and O–H groups in total. The molecule has 0 unspecified atom stereocenters. The van der Waals surface area contributed by atoms with Crippen molar-refractivity contribution in [2.75, 3.05) is 17.7 Å². The van der Waals surface area contributed by atoms with Gasteiger partial charge in [0, 0.05) is 23.4 Å². The summed E-state index contributed by atoms with van der Waals surface area (Å²) in [6.07, 6.45) is 4.20. The van der Waals surface area contributed by atoms with Crippen LogP contribution in [0.5, 0.6) is 5.75 Å². The van der Waals surface area contributed by atoms with Crippen molar-refractivity contribution in [1.82, 2.24) is 19.7 Å². The summed E-state index contributed by atoms with van der Waals surface area (Å²) in [5.74, 6) is 1.44. The van der Waals surface area contributed by atoms with Crippen molar-refractivity contribution in [3.63, 3.8) is 0 Å². The van der Waals surface area contributed by atoms with E-state index >= 15 is 0 Å². The van der Waals surface area contributed by atoms with Gasteiger partial charge in [0.25, 0.3) is 0 Å². The van der Waals surface area contributed by atoms with Gasteiger partial charge in [-0.1, -0.05) is 0 Å². The Morgan fingerprint density at radius 1 is 1.13 bits per heavy atom. The van der Waals surface area contributed by atoms with Gasteiger partial charge in [-0.25, -0.2) is 14.8 Å². The number of ether oxygens (including phenoxy) is 2. The summed E-state index contributed by atoms with van der Waals surface area (Å²) >= 11 is 0. The fourth-order valence-corrected chi connectivity index (χ4v) is 2.98. The lowest BCUT2D eigenvalue weighted by molar-refractivity contribution is -0.117. The summed E-state index contributed by atoms with van der Waals surface area (Å²) in [5, 5.41) is 10.8. The highest BCUT2D eigenvalue weighted by Crippen LogP contribution is 2.33. The maximum absolute atomic E-state index is 12.5. The number of anilines is 3. The van der Waals surface area contributed by atoms with Gasteiger partial charge in [-0.15, -0.1) is 0 Å². The molecule has 4 rings (SSSR count). The normalized spacial score (nSPS) is 13.7. The van der Waals surface area contributed by atoms with E-state index in [4.69, 9.17) is 9.47 Å². The fraction of sp³-hybridized carbons (Fsp3) is 0.381. The van der Waals surface area contributed by atoms with Gasteiger partial charge in [-0.05, 0) is 39.7 Å². The number of carbonyl (C=O) groups excluding carboxylic acids is 2. The zero-order valence-corrected chi connectivity index (χ0v) is 17.8. The Bertz CT molecular complexity index is 1150. The zero-order valence-electron chi connectivity index (χ0n) is 17.8. The summed E-state index contributed by atoms with van der Waals surface area (Å²) < 4.78 is 12.1. The summed E-state index contributed by atoms with van der Waals surface area (Å²) in [6.45, 7) is 5.38. The number of aromatic nitrogens is 4. The zero-order chi connectivity index (χ0) is 22.2. The van der Waals surface area contributed by atoms with Crippen LogP contribution < -0.4 is 15.4 Å². The van der Waals surface area contributed by atoms with Crippen LogP contribution in [0.3, 0.4) is 0 Å². The molecule has 0 spiro atoms. The van der Waals surface area contributed by atoms with E-state index in [1.165, 1.54) is 18.1 Å². The molecule has 3 aromatic rings. The number of benzene rings is 1. The molecule has 1 amide bonds. The van der Waals surface area contributed by atoms with Gasteiger partial charge in [0.1, 0.15) is 29.3 Å². The van der Waals surface area contributed by atoms with Gasteiger partial charge in [0.2, 0.25) is 5.91 Å². The third-order valence-corrected chi connectivity index (χ3v) is 4.58. The number of hydrogen-bond donors (Lipinski definition) is 2. The molecule has 1 saturated carbocycles. The lowest BCUT2D eigenvalue weighted by Gasteiger charge is -2.19. The highest BCUT2D eigenvalue weighted by Gasteiger charge is 2.29. The molecule has 1 aliphatic rings. The number of amides is 1. The first-order chi connectivity index (χ1) is 14.7. The van der Waals surface area contributed by atoms with E-state index in [9.17, 15) is 9.59 Å². The van der Waals surface area contributed by atoms with Gasteiger partial charge in [-0.3, -0.25) is 4.79 Å². The Balaban J connectivity index is 1.59. The standard InChI is InChI=1S/C21H24N6O4/c1-21(2,3)31-20(29)27-15-8-16(30-4)14(7-13(15)10-24-27)25-17-9-18(23-11-22-17)26-19(28)12-5-6-12/h7-12H,5-6H2,1-4H3,(H2,22,23,25,26,28). The van der Waals surface area contributed by atoms with Crippen molar-refractivity contribution >= 4 is 40.2 Å². The molecule has 162 valence electrons. The van der Waals surface area contributed by atoms with Crippen LogP contribution in [0, 0.1) is 5.92 Å². The van der Waals surface area contributed by atoms with Crippen molar-refractivity contribution < 1.29 is 19.1 Å². The molecule has 0 aliphatic heterocycles. The quantitative estimate of drug-likeness (QED) is 0.636. The first-order valence-corrected chi connectivity index (χ1v) is 9.92. The lowest BCUT2D eigenvalue weighted by atomic mass is 10.2. The maximum atomic E-state index is 12.5. The number of rotatable bonds is 5. The van der Waals surface area contributed by atoms with Crippen LogP contribution in [0.25, 0.3) is 10.9 Å². The monoisotopic (exact) mass is 424 g/mol. The molecule has 1 aromatic carbocycles. The summed E-state index contributed by atoms with van der Waals surface area (Å²) in [5.41, 5.74) is 0.536. The van der Waals surface area contributed by atoms with Crippen molar-refractivity contribution in [3.05, 3.63) is 30.7 Å².